The first-order valence-corrected chi connectivity index (χ1v) is 12.0. The van der Waals surface area contributed by atoms with Gasteiger partial charge in [-0.2, -0.15) is 0 Å². The van der Waals surface area contributed by atoms with Crippen molar-refractivity contribution in [1.82, 2.24) is 10.3 Å². The van der Waals surface area contributed by atoms with Crippen molar-refractivity contribution >= 4 is 17.0 Å². The lowest BCUT2D eigenvalue weighted by molar-refractivity contribution is 0.0377. The van der Waals surface area contributed by atoms with Gasteiger partial charge in [-0.25, -0.2) is 14.2 Å². The topological polar surface area (TPSA) is 51.2 Å². The fourth-order valence-corrected chi connectivity index (χ4v) is 4.66. The van der Waals surface area contributed by atoms with Crippen molar-refractivity contribution in [2.75, 3.05) is 0 Å². The average Bonchev–Trinajstić information content (AvgIpc) is 2.80. The van der Waals surface area contributed by atoms with E-state index in [0.29, 0.717) is 5.52 Å². The number of fused-ring (bicyclic) bond motifs is 1. The van der Waals surface area contributed by atoms with Gasteiger partial charge in [0.25, 0.3) is 0 Å². The molecule has 1 fully saturated rings. The largest absolute Gasteiger partial charge is 0.444 e. The van der Waals surface area contributed by atoms with E-state index >= 15 is 0 Å². The van der Waals surface area contributed by atoms with Gasteiger partial charge in [-0.05, 0) is 69.4 Å². The predicted molar refractivity (Wildman–Crippen MR) is 137 cm³/mol. The summed E-state index contributed by atoms with van der Waals surface area (Å²) < 4.78 is 19.5. The van der Waals surface area contributed by atoms with Gasteiger partial charge >= 0.3 is 6.09 Å². The Bertz CT molecular complexity index is 1370. The Kier molecular flexibility index (Phi) is 5.79. The van der Waals surface area contributed by atoms with Crippen molar-refractivity contribution in [2.24, 2.45) is 0 Å². The third-order valence-corrected chi connectivity index (χ3v) is 6.52. The average molecular weight is 469 g/mol. The molecule has 178 valence electrons. The molecular weight excluding hydrogens is 439 g/mol. The van der Waals surface area contributed by atoms with Crippen molar-refractivity contribution < 1.29 is 13.9 Å². The van der Waals surface area contributed by atoms with E-state index < -0.39 is 17.2 Å². The van der Waals surface area contributed by atoms with E-state index in [1.165, 1.54) is 12.1 Å². The summed E-state index contributed by atoms with van der Waals surface area (Å²) in [7, 11) is 0. The van der Waals surface area contributed by atoms with Gasteiger partial charge in [0.1, 0.15) is 11.4 Å². The first kappa shape index (κ1) is 23.0. The van der Waals surface area contributed by atoms with E-state index in [2.05, 4.69) is 35.6 Å². The Morgan fingerprint density at radius 2 is 1.66 bits per heavy atom. The summed E-state index contributed by atoms with van der Waals surface area (Å²) in [6.07, 6.45) is 2.39. The number of carbonyl (C=O) groups is 1. The molecule has 0 atom stereocenters. The molecule has 0 unspecified atom stereocenters. The molecule has 5 heteroatoms. The maximum Gasteiger partial charge on any atom is 0.408 e. The molecule has 1 N–H and O–H groups in total. The number of halogens is 1. The van der Waals surface area contributed by atoms with Crippen LogP contribution in [-0.4, -0.2) is 16.7 Å². The molecule has 35 heavy (non-hydrogen) atoms. The highest BCUT2D eigenvalue weighted by Gasteiger charge is 2.41. The van der Waals surface area contributed by atoms with Crippen molar-refractivity contribution in [3.8, 4) is 22.4 Å². The van der Waals surface area contributed by atoms with Gasteiger partial charge in [0.15, 0.2) is 0 Å². The normalized spacial score (nSPS) is 14.9. The van der Waals surface area contributed by atoms with Crippen LogP contribution < -0.4 is 5.32 Å². The van der Waals surface area contributed by atoms with Gasteiger partial charge in [-0.1, -0.05) is 54.6 Å². The number of nitrogens with one attached hydrogen (secondary N) is 1. The summed E-state index contributed by atoms with van der Waals surface area (Å²) in [4.78, 5) is 17.4. The molecule has 0 saturated heterocycles. The molecular formula is C30H29FN2O2. The number of rotatable bonds is 4. The number of hydrogen-bond acceptors (Lipinski definition) is 3. The minimum atomic E-state index is -0.548. The standard InChI is InChI=1S/C30H29FN2O2/c1-29(2,3)35-28(34)33-30(16-7-17-30)23-13-10-21(11-14-23)27-25(20-8-5-4-6-9-20)18-22-12-15-24(31)19-26(22)32-27/h4-6,8-15,18-19H,7,16-17H2,1-3H3,(H,33,34). The van der Waals surface area contributed by atoms with Crippen LogP contribution in [0.1, 0.15) is 45.6 Å². The molecule has 1 aliphatic carbocycles. The Labute approximate surface area is 205 Å². The van der Waals surface area contributed by atoms with E-state index in [-0.39, 0.29) is 5.82 Å². The first-order chi connectivity index (χ1) is 16.7. The number of amides is 1. The highest BCUT2D eigenvalue weighted by Crippen LogP contribution is 2.42. The van der Waals surface area contributed by atoms with Crippen LogP contribution in [0.3, 0.4) is 0 Å². The summed E-state index contributed by atoms with van der Waals surface area (Å²) >= 11 is 0. The molecule has 4 nitrogen and oxygen atoms in total. The third kappa shape index (κ3) is 4.76. The van der Waals surface area contributed by atoms with Gasteiger partial charge in [0.2, 0.25) is 0 Å². The molecule has 0 aliphatic heterocycles. The Morgan fingerprint density at radius 1 is 0.943 bits per heavy atom. The zero-order valence-corrected chi connectivity index (χ0v) is 20.3. The van der Waals surface area contributed by atoms with Gasteiger partial charge in [0.05, 0.1) is 16.7 Å². The third-order valence-electron chi connectivity index (χ3n) is 6.52. The van der Waals surface area contributed by atoms with Gasteiger partial charge in [-0.15, -0.1) is 0 Å². The lowest BCUT2D eigenvalue weighted by atomic mass is 9.71. The number of pyridine rings is 1. The number of aromatic nitrogens is 1. The Morgan fingerprint density at radius 3 is 2.29 bits per heavy atom. The van der Waals surface area contributed by atoms with Crippen LogP contribution in [-0.2, 0) is 10.3 Å². The molecule has 5 rings (SSSR count). The molecule has 1 aromatic heterocycles. The zero-order chi connectivity index (χ0) is 24.6. The quantitative estimate of drug-likeness (QED) is 0.335. The number of carbonyl (C=O) groups excluding carboxylic acids is 1. The lowest BCUT2D eigenvalue weighted by Gasteiger charge is -2.43. The van der Waals surface area contributed by atoms with Crippen molar-refractivity contribution in [3.63, 3.8) is 0 Å². The van der Waals surface area contributed by atoms with Crippen molar-refractivity contribution in [3.05, 3.63) is 90.2 Å². The number of ether oxygens (including phenoxy) is 1. The minimum absolute atomic E-state index is 0.307. The molecule has 1 aliphatic rings. The van der Waals surface area contributed by atoms with Crippen molar-refractivity contribution in [2.45, 2.75) is 51.2 Å². The van der Waals surface area contributed by atoms with Crippen LogP contribution in [0.15, 0.2) is 78.9 Å². The fraction of sp³-hybridized carbons (Fsp3) is 0.267. The molecule has 4 aromatic rings. The predicted octanol–water partition coefficient (Wildman–Crippen LogP) is 7.61. The zero-order valence-electron chi connectivity index (χ0n) is 20.3. The number of hydrogen-bond donors (Lipinski definition) is 1. The van der Waals surface area contributed by atoms with E-state index in [0.717, 1.165) is 52.6 Å². The maximum absolute atomic E-state index is 13.9. The smallest absolute Gasteiger partial charge is 0.408 e. The van der Waals surface area contributed by atoms with Crippen molar-refractivity contribution in [1.29, 1.82) is 0 Å². The van der Waals surface area contributed by atoms with Crippen LogP contribution in [0.2, 0.25) is 0 Å². The fourth-order valence-electron chi connectivity index (χ4n) is 4.66. The van der Waals surface area contributed by atoms with E-state index in [1.54, 1.807) is 6.07 Å². The van der Waals surface area contributed by atoms with Crippen LogP contribution in [0.4, 0.5) is 9.18 Å². The summed E-state index contributed by atoms with van der Waals surface area (Å²) in [5.41, 5.74) is 4.47. The van der Waals surface area contributed by atoms with Crippen LogP contribution in [0.25, 0.3) is 33.3 Å². The number of nitrogens with zero attached hydrogens (tertiary/aromatic N) is 1. The second-order valence-electron chi connectivity index (χ2n) is 10.2. The number of benzene rings is 3. The molecule has 3 aromatic carbocycles. The monoisotopic (exact) mass is 468 g/mol. The first-order valence-electron chi connectivity index (χ1n) is 12.0. The summed E-state index contributed by atoms with van der Waals surface area (Å²) in [6, 6.07) is 25.0. The van der Waals surface area contributed by atoms with Gasteiger partial charge in [0, 0.05) is 22.6 Å². The molecule has 1 amide bonds. The highest BCUT2D eigenvalue weighted by molar-refractivity contribution is 5.91. The molecule has 0 bridgehead atoms. The number of alkyl carbamates (subject to hydrolysis) is 1. The second kappa shape index (κ2) is 8.81. The summed E-state index contributed by atoms with van der Waals surface area (Å²) in [5, 5.41) is 4.00. The minimum Gasteiger partial charge on any atom is -0.444 e. The summed E-state index contributed by atoms with van der Waals surface area (Å²) in [6.45, 7) is 5.59. The Balaban J connectivity index is 1.53. The van der Waals surface area contributed by atoms with Crippen LogP contribution in [0, 0.1) is 5.82 Å². The van der Waals surface area contributed by atoms with Gasteiger partial charge < -0.3 is 10.1 Å². The van der Waals surface area contributed by atoms with E-state index in [1.807, 2.05) is 51.1 Å². The Hall–Kier alpha value is -3.73. The highest BCUT2D eigenvalue weighted by atomic mass is 19.1. The van der Waals surface area contributed by atoms with Crippen LogP contribution in [0.5, 0.6) is 0 Å². The SMILES string of the molecule is CC(C)(C)OC(=O)NC1(c2ccc(-c3nc4cc(F)ccc4cc3-c3ccccc3)cc2)CCC1. The lowest BCUT2D eigenvalue weighted by Crippen LogP contribution is -2.52. The molecule has 1 heterocycles. The summed E-state index contributed by atoms with van der Waals surface area (Å²) in [5.74, 6) is -0.307. The maximum atomic E-state index is 13.9. The van der Waals surface area contributed by atoms with E-state index in [4.69, 9.17) is 9.72 Å². The second-order valence-corrected chi connectivity index (χ2v) is 10.2. The molecule has 0 spiro atoms. The van der Waals surface area contributed by atoms with Gasteiger partial charge in [-0.3, -0.25) is 0 Å². The molecule has 0 radical (unpaired) electrons. The van der Waals surface area contributed by atoms with Crippen LogP contribution >= 0.6 is 0 Å². The van der Waals surface area contributed by atoms with E-state index in [9.17, 15) is 9.18 Å². The molecule has 1 saturated carbocycles.